The van der Waals surface area contributed by atoms with Gasteiger partial charge < -0.3 is 14.4 Å². The van der Waals surface area contributed by atoms with E-state index in [4.69, 9.17) is 21.4 Å². The average Bonchev–Trinajstić information content (AvgIpc) is 2.85. The minimum absolute atomic E-state index is 0.639. The lowest BCUT2D eigenvalue weighted by atomic mass is 10.1. The number of aromatic nitrogens is 1. The molecule has 23 heavy (non-hydrogen) atoms. The summed E-state index contributed by atoms with van der Waals surface area (Å²) in [5, 5.41) is 10.3. The summed E-state index contributed by atoms with van der Waals surface area (Å²) >= 11 is 5.89. The zero-order chi connectivity index (χ0) is 16.4. The molecule has 1 heterocycles. The number of hydrogen-bond donors (Lipinski definition) is 1. The van der Waals surface area contributed by atoms with Gasteiger partial charge in [-0.15, -0.1) is 0 Å². The maximum atomic E-state index is 10.8. The molecule has 0 saturated heterocycles. The van der Waals surface area contributed by atoms with Crippen molar-refractivity contribution in [2.45, 2.75) is 0 Å². The van der Waals surface area contributed by atoms with Gasteiger partial charge in [-0.3, -0.25) is 0 Å². The number of benzene rings is 2. The summed E-state index contributed by atoms with van der Waals surface area (Å²) in [6.07, 6.45) is 4.56. The standard InChI is InChI=1S/C18H14ClNO3/c1-20-11-12(5-10-17(21)22)18-15(20)3-2-4-16(18)23-14-8-6-13(19)7-9-14/h2-11H,1H3,(H,21,22). The van der Waals surface area contributed by atoms with Crippen LogP contribution < -0.4 is 4.74 Å². The molecule has 3 aromatic rings. The lowest BCUT2D eigenvalue weighted by Gasteiger charge is -2.08. The Kier molecular flexibility index (Phi) is 4.08. The van der Waals surface area contributed by atoms with E-state index in [1.54, 1.807) is 30.3 Å². The Labute approximate surface area is 138 Å². The molecule has 1 N–H and O–H groups in total. The molecule has 5 heteroatoms. The van der Waals surface area contributed by atoms with E-state index in [0.29, 0.717) is 16.5 Å². The highest BCUT2D eigenvalue weighted by atomic mass is 35.5. The molecular weight excluding hydrogens is 314 g/mol. The van der Waals surface area contributed by atoms with E-state index in [-0.39, 0.29) is 0 Å². The molecule has 3 rings (SSSR count). The van der Waals surface area contributed by atoms with Gasteiger partial charge >= 0.3 is 5.97 Å². The summed E-state index contributed by atoms with van der Waals surface area (Å²) in [6, 6.07) is 12.8. The van der Waals surface area contributed by atoms with Crippen LogP contribution in [0.4, 0.5) is 0 Å². The van der Waals surface area contributed by atoms with Crippen molar-refractivity contribution in [1.29, 1.82) is 0 Å². The predicted molar refractivity (Wildman–Crippen MR) is 91.1 cm³/mol. The minimum atomic E-state index is -0.988. The first-order valence-electron chi connectivity index (χ1n) is 6.97. The Morgan fingerprint density at radius 1 is 1.22 bits per heavy atom. The maximum Gasteiger partial charge on any atom is 0.328 e. The van der Waals surface area contributed by atoms with Crippen molar-refractivity contribution in [1.82, 2.24) is 4.57 Å². The fraction of sp³-hybridized carbons (Fsp3) is 0.0556. The van der Waals surface area contributed by atoms with Crippen LogP contribution in [0.25, 0.3) is 17.0 Å². The van der Waals surface area contributed by atoms with Crippen molar-refractivity contribution in [3.63, 3.8) is 0 Å². The van der Waals surface area contributed by atoms with Crippen molar-refractivity contribution in [2.24, 2.45) is 7.05 Å². The molecule has 0 aliphatic heterocycles. The van der Waals surface area contributed by atoms with Crippen LogP contribution >= 0.6 is 11.6 Å². The fourth-order valence-electron chi connectivity index (χ4n) is 2.45. The summed E-state index contributed by atoms with van der Waals surface area (Å²) in [5.41, 5.74) is 1.75. The van der Waals surface area contributed by atoms with Crippen molar-refractivity contribution in [3.8, 4) is 11.5 Å². The van der Waals surface area contributed by atoms with Gasteiger partial charge in [-0.25, -0.2) is 4.79 Å². The van der Waals surface area contributed by atoms with Gasteiger partial charge in [-0.1, -0.05) is 17.7 Å². The van der Waals surface area contributed by atoms with Gasteiger partial charge in [0.2, 0.25) is 0 Å². The molecule has 4 nitrogen and oxygen atoms in total. The number of carbonyl (C=O) groups is 1. The number of carboxylic acids is 1. The Hall–Kier alpha value is -2.72. The minimum Gasteiger partial charge on any atom is -0.478 e. The zero-order valence-electron chi connectivity index (χ0n) is 12.4. The highest BCUT2D eigenvalue weighted by Gasteiger charge is 2.11. The van der Waals surface area contributed by atoms with E-state index in [1.807, 2.05) is 36.0 Å². The van der Waals surface area contributed by atoms with Gasteiger partial charge in [0.05, 0.1) is 5.52 Å². The fourth-order valence-corrected chi connectivity index (χ4v) is 2.57. The van der Waals surface area contributed by atoms with E-state index in [9.17, 15) is 4.79 Å². The van der Waals surface area contributed by atoms with Crippen LogP contribution in [0.5, 0.6) is 11.5 Å². The van der Waals surface area contributed by atoms with Crippen molar-refractivity contribution in [3.05, 3.63) is 65.3 Å². The number of aliphatic carboxylic acids is 1. The van der Waals surface area contributed by atoms with Crippen LogP contribution in [0.2, 0.25) is 5.02 Å². The van der Waals surface area contributed by atoms with Crippen molar-refractivity contribution >= 4 is 34.5 Å². The summed E-state index contributed by atoms with van der Waals surface area (Å²) < 4.78 is 7.89. The number of halogens is 1. The molecule has 0 amide bonds. The molecular formula is C18H14ClNO3. The third-order valence-corrected chi connectivity index (χ3v) is 3.70. The molecule has 0 aliphatic rings. The van der Waals surface area contributed by atoms with Crippen LogP contribution in [-0.4, -0.2) is 15.6 Å². The van der Waals surface area contributed by atoms with E-state index < -0.39 is 5.97 Å². The first-order chi connectivity index (χ1) is 11.0. The summed E-state index contributed by atoms with van der Waals surface area (Å²) in [4.78, 5) is 10.8. The monoisotopic (exact) mass is 327 g/mol. The smallest absolute Gasteiger partial charge is 0.328 e. The summed E-state index contributed by atoms with van der Waals surface area (Å²) in [5.74, 6) is 0.340. The molecule has 0 radical (unpaired) electrons. The highest BCUT2D eigenvalue weighted by molar-refractivity contribution is 6.30. The predicted octanol–water partition coefficient (Wildman–Crippen LogP) is 4.72. The second-order valence-electron chi connectivity index (χ2n) is 5.07. The van der Waals surface area contributed by atoms with E-state index in [1.165, 1.54) is 0 Å². The quantitative estimate of drug-likeness (QED) is 0.705. The van der Waals surface area contributed by atoms with Gasteiger partial charge in [0, 0.05) is 35.3 Å². The molecule has 0 aliphatic carbocycles. The number of hydrogen-bond acceptors (Lipinski definition) is 2. The largest absolute Gasteiger partial charge is 0.478 e. The zero-order valence-corrected chi connectivity index (χ0v) is 13.1. The van der Waals surface area contributed by atoms with Gasteiger partial charge in [-0.2, -0.15) is 0 Å². The third-order valence-electron chi connectivity index (χ3n) is 3.45. The number of fused-ring (bicyclic) bond motifs is 1. The van der Waals surface area contributed by atoms with Crippen molar-refractivity contribution in [2.75, 3.05) is 0 Å². The van der Waals surface area contributed by atoms with E-state index in [2.05, 4.69) is 0 Å². The van der Waals surface area contributed by atoms with Crippen LogP contribution in [0.15, 0.2) is 54.7 Å². The maximum absolute atomic E-state index is 10.8. The molecule has 0 fully saturated rings. The van der Waals surface area contributed by atoms with E-state index >= 15 is 0 Å². The SMILES string of the molecule is Cn1cc(C=CC(=O)O)c2c(Oc3ccc(Cl)cc3)cccc21. The lowest BCUT2D eigenvalue weighted by molar-refractivity contribution is -0.131. The normalized spacial score (nSPS) is 11.2. The Balaban J connectivity index is 2.09. The van der Waals surface area contributed by atoms with Crippen LogP contribution in [0.1, 0.15) is 5.56 Å². The Morgan fingerprint density at radius 2 is 1.96 bits per heavy atom. The topological polar surface area (TPSA) is 51.5 Å². The first-order valence-corrected chi connectivity index (χ1v) is 7.35. The van der Waals surface area contributed by atoms with Crippen LogP contribution in [-0.2, 0) is 11.8 Å². The van der Waals surface area contributed by atoms with Crippen LogP contribution in [0, 0.1) is 0 Å². The Morgan fingerprint density at radius 3 is 2.65 bits per heavy atom. The van der Waals surface area contributed by atoms with Crippen molar-refractivity contribution < 1.29 is 14.6 Å². The Bertz CT molecular complexity index is 895. The van der Waals surface area contributed by atoms with Crippen LogP contribution in [0.3, 0.4) is 0 Å². The molecule has 0 unspecified atom stereocenters. The number of nitrogens with zero attached hydrogens (tertiary/aromatic N) is 1. The molecule has 116 valence electrons. The number of aryl methyl sites for hydroxylation is 1. The molecule has 0 bridgehead atoms. The molecule has 0 spiro atoms. The van der Waals surface area contributed by atoms with Gasteiger partial charge in [-0.05, 0) is 42.5 Å². The summed E-state index contributed by atoms with van der Waals surface area (Å²) in [6.45, 7) is 0. The lowest BCUT2D eigenvalue weighted by Crippen LogP contribution is -1.87. The third kappa shape index (κ3) is 3.22. The number of ether oxygens (including phenoxy) is 1. The average molecular weight is 328 g/mol. The van der Waals surface area contributed by atoms with Gasteiger partial charge in [0.25, 0.3) is 0 Å². The molecule has 0 atom stereocenters. The molecule has 2 aromatic carbocycles. The highest BCUT2D eigenvalue weighted by Crippen LogP contribution is 2.34. The first kappa shape index (κ1) is 15.2. The molecule has 1 aromatic heterocycles. The van der Waals surface area contributed by atoms with E-state index in [0.717, 1.165) is 22.5 Å². The second kappa shape index (κ2) is 6.18. The number of rotatable bonds is 4. The summed E-state index contributed by atoms with van der Waals surface area (Å²) in [7, 11) is 1.91. The number of carboxylic acid groups (broad SMARTS) is 1. The second-order valence-corrected chi connectivity index (χ2v) is 5.51. The molecule has 0 saturated carbocycles. The van der Waals surface area contributed by atoms with Gasteiger partial charge in [0.1, 0.15) is 11.5 Å². The van der Waals surface area contributed by atoms with Gasteiger partial charge in [0.15, 0.2) is 0 Å².